The third-order valence-corrected chi connectivity index (χ3v) is 4.60. The van der Waals surface area contributed by atoms with Gasteiger partial charge in [-0.3, -0.25) is 0 Å². The predicted octanol–water partition coefficient (Wildman–Crippen LogP) is 3.57. The molecule has 0 unspecified atom stereocenters. The molecule has 5 nitrogen and oxygen atoms in total. The Hall–Kier alpha value is -2.96. The van der Waals surface area contributed by atoms with Crippen molar-refractivity contribution in [1.82, 2.24) is 14.6 Å². The number of aromatic nitrogens is 3. The first kappa shape index (κ1) is 15.6. The number of rotatable bonds is 3. The van der Waals surface area contributed by atoms with Crippen molar-refractivity contribution in [3.8, 4) is 0 Å². The van der Waals surface area contributed by atoms with E-state index < -0.39 is 11.6 Å². The van der Waals surface area contributed by atoms with Crippen molar-refractivity contribution in [2.24, 2.45) is 0 Å². The van der Waals surface area contributed by atoms with Gasteiger partial charge in [-0.15, -0.1) is 5.10 Å². The Balaban J connectivity index is 1.79. The molecule has 3 aromatic rings. The molecule has 0 spiro atoms. The lowest BCUT2D eigenvalue weighted by atomic mass is 10.0. The highest BCUT2D eigenvalue weighted by Gasteiger charge is 2.30. The summed E-state index contributed by atoms with van der Waals surface area (Å²) in [6, 6.07) is 5.13. The number of nitrogens with zero attached hydrogens (tertiary/aromatic N) is 4. The average molecular weight is 341 g/mol. The first-order chi connectivity index (χ1) is 12.1. The standard InChI is InChI=1S/C18H17F2N5/c1-2-12-17(21)23-25-9-7-16(22-18(12)25)24-8-3-4-15(24)13-10-11(19)5-6-14(13)20/h2,5-7,9-10,15H,1,3-4,8H2,(H2,21,23)/t15-/m1/s1. The van der Waals surface area contributed by atoms with Crippen molar-refractivity contribution in [3.63, 3.8) is 0 Å². The van der Waals surface area contributed by atoms with Crippen LogP contribution >= 0.6 is 0 Å². The topological polar surface area (TPSA) is 59.4 Å². The zero-order chi connectivity index (χ0) is 17.6. The molecule has 25 heavy (non-hydrogen) atoms. The Morgan fingerprint density at radius 1 is 1.28 bits per heavy atom. The zero-order valence-corrected chi connectivity index (χ0v) is 13.5. The normalized spacial score (nSPS) is 17.4. The molecule has 1 aromatic carbocycles. The van der Waals surface area contributed by atoms with Crippen LogP contribution in [-0.2, 0) is 0 Å². The molecule has 3 heterocycles. The minimum absolute atomic E-state index is 0.252. The van der Waals surface area contributed by atoms with Gasteiger partial charge in [-0.25, -0.2) is 18.3 Å². The second-order valence-corrected chi connectivity index (χ2v) is 6.07. The number of nitrogen functional groups attached to an aromatic ring is 1. The molecular weight excluding hydrogens is 324 g/mol. The van der Waals surface area contributed by atoms with E-state index in [-0.39, 0.29) is 6.04 Å². The maximum Gasteiger partial charge on any atom is 0.166 e. The Bertz CT molecular complexity index is 965. The van der Waals surface area contributed by atoms with Gasteiger partial charge >= 0.3 is 0 Å². The highest BCUT2D eigenvalue weighted by molar-refractivity contribution is 5.74. The number of benzene rings is 1. The highest BCUT2D eigenvalue weighted by atomic mass is 19.1. The van der Waals surface area contributed by atoms with Gasteiger partial charge in [0.25, 0.3) is 0 Å². The fourth-order valence-corrected chi connectivity index (χ4v) is 3.44. The Morgan fingerprint density at radius 2 is 2.12 bits per heavy atom. The van der Waals surface area contributed by atoms with Crippen LogP contribution in [0.25, 0.3) is 11.7 Å². The number of anilines is 2. The molecule has 128 valence electrons. The van der Waals surface area contributed by atoms with Gasteiger partial charge in [0.1, 0.15) is 17.5 Å². The summed E-state index contributed by atoms with van der Waals surface area (Å²) < 4.78 is 29.4. The number of hydrogen-bond acceptors (Lipinski definition) is 4. The van der Waals surface area contributed by atoms with Gasteiger partial charge in [0.15, 0.2) is 11.5 Å². The monoisotopic (exact) mass is 341 g/mol. The van der Waals surface area contributed by atoms with E-state index >= 15 is 0 Å². The first-order valence-electron chi connectivity index (χ1n) is 8.07. The van der Waals surface area contributed by atoms with Crippen molar-refractivity contribution in [2.45, 2.75) is 18.9 Å². The van der Waals surface area contributed by atoms with Crippen molar-refractivity contribution >= 4 is 23.4 Å². The SMILES string of the molecule is C=Cc1c(N)nn2ccc(N3CCC[C@@H]3c3cc(F)ccc3F)nc12. The summed E-state index contributed by atoms with van der Waals surface area (Å²) in [5, 5.41) is 4.19. The Labute approximate surface area is 143 Å². The molecular formula is C18H17F2N5. The predicted molar refractivity (Wildman–Crippen MR) is 93.2 cm³/mol. The number of halogens is 2. The van der Waals surface area contributed by atoms with Gasteiger partial charge in [0.05, 0.1) is 11.6 Å². The molecule has 1 fully saturated rings. The molecule has 1 aliphatic heterocycles. The van der Waals surface area contributed by atoms with Crippen LogP contribution in [0, 0.1) is 11.6 Å². The Kier molecular flexibility index (Phi) is 3.63. The van der Waals surface area contributed by atoms with Gasteiger partial charge in [0.2, 0.25) is 0 Å². The summed E-state index contributed by atoms with van der Waals surface area (Å²) in [5.74, 6) is 0.194. The quantitative estimate of drug-likeness (QED) is 0.791. The summed E-state index contributed by atoms with van der Waals surface area (Å²) in [6.07, 6.45) is 4.99. The average Bonchev–Trinajstić information content (AvgIpc) is 3.19. The van der Waals surface area contributed by atoms with E-state index in [1.807, 2.05) is 11.0 Å². The third kappa shape index (κ3) is 2.52. The molecule has 4 rings (SSSR count). The molecule has 1 aliphatic rings. The van der Waals surface area contributed by atoms with Gasteiger partial charge < -0.3 is 10.6 Å². The van der Waals surface area contributed by atoms with Gasteiger partial charge in [0, 0.05) is 18.3 Å². The minimum atomic E-state index is -0.441. The number of nitrogens with two attached hydrogens (primary N) is 1. The third-order valence-electron chi connectivity index (χ3n) is 4.60. The summed E-state index contributed by atoms with van der Waals surface area (Å²) in [6.45, 7) is 4.47. The molecule has 2 N–H and O–H groups in total. The van der Waals surface area contributed by atoms with Crippen LogP contribution in [0.3, 0.4) is 0 Å². The molecule has 0 amide bonds. The molecule has 1 saturated heterocycles. The minimum Gasteiger partial charge on any atom is -0.382 e. The van der Waals surface area contributed by atoms with Crippen molar-refractivity contribution in [3.05, 3.63) is 59.8 Å². The maximum atomic E-state index is 14.2. The lowest BCUT2D eigenvalue weighted by Gasteiger charge is -2.26. The lowest BCUT2D eigenvalue weighted by molar-refractivity contribution is 0.560. The highest BCUT2D eigenvalue weighted by Crippen LogP contribution is 2.37. The summed E-state index contributed by atoms with van der Waals surface area (Å²) in [5.41, 5.74) is 7.49. The van der Waals surface area contributed by atoms with E-state index in [1.165, 1.54) is 12.1 Å². The van der Waals surface area contributed by atoms with Crippen LogP contribution in [0.15, 0.2) is 37.0 Å². The largest absolute Gasteiger partial charge is 0.382 e. The van der Waals surface area contributed by atoms with E-state index in [2.05, 4.69) is 16.7 Å². The van der Waals surface area contributed by atoms with Crippen LogP contribution in [0.4, 0.5) is 20.4 Å². The lowest BCUT2D eigenvalue weighted by Crippen LogP contribution is -2.24. The van der Waals surface area contributed by atoms with E-state index in [0.717, 1.165) is 25.5 Å². The molecule has 0 bridgehead atoms. The maximum absolute atomic E-state index is 14.2. The van der Waals surface area contributed by atoms with Crippen LogP contribution in [-0.4, -0.2) is 21.1 Å². The fraction of sp³-hybridized carbons (Fsp3) is 0.222. The van der Waals surface area contributed by atoms with Crippen molar-refractivity contribution < 1.29 is 8.78 Å². The smallest absolute Gasteiger partial charge is 0.166 e. The second kappa shape index (κ2) is 5.84. The van der Waals surface area contributed by atoms with Gasteiger partial charge in [-0.1, -0.05) is 12.7 Å². The van der Waals surface area contributed by atoms with Gasteiger partial charge in [-0.05, 0) is 37.1 Å². The van der Waals surface area contributed by atoms with E-state index in [1.54, 1.807) is 16.8 Å². The van der Waals surface area contributed by atoms with Crippen molar-refractivity contribution in [1.29, 1.82) is 0 Å². The molecule has 0 radical (unpaired) electrons. The number of fused-ring (bicyclic) bond motifs is 1. The van der Waals surface area contributed by atoms with Crippen LogP contribution in [0.2, 0.25) is 0 Å². The van der Waals surface area contributed by atoms with E-state index in [0.29, 0.717) is 28.4 Å². The van der Waals surface area contributed by atoms with Crippen LogP contribution in [0.5, 0.6) is 0 Å². The summed E-state index contributed by atoms with van der Waals surface area (Å²) >= 11 is 0. The van der Waals surface area contributed by atoms with E-state index in [4.69, 9.17) is 5.73 Å². The van der Waals surface area contributed by atoms with Crippen LogP contribution < -0.4 is 10.6 Å². The molecule has 0 saturated carbocycles. The molecule has 7 heteroatoms. The van der Waals surface area contributed by atoms with E-state index in [9.17, 15) is 8.78 Å². The zero-order valence-electron chi connectivity index (χ0n) is 13.5. The molecule has 2 aromatic heterocycles. The molecule has 0 aliphatic carbocycles. The number of hydrogen-bond donors (Lipinski definition) is 1. The second-order valence-electron chi connectivity index (χ2n) is 6.07. The molecule has 1 atom stereocenters. The van der Waals surface area contributed by atoms with Gasteiger partial charge in [-0.2, -0.15) is 0 Å². The Morgan fingerprint density at radius 3 is 2.92 bits per heavy atom. The first-order valence-corrected chi connectivity index (χ1v) is 8.07. The van der Waals surface area contributed by atoms with Crippen molar-refractivity contribution in [2.75, 3.05) is 17.2 Å². The summed E-state index contributed by atoms with van der Waals surface area (Å²) in [4.78, 5) is 6.63. The summed E-state index contributed by atoms with van der Waals surface area (Å²) in [7, 11) is 0. The fourth-order valence-electron chi connectivity index (χ4n) is 3.44. The van der Waals surface area contributed by atoms with Crippen LogP contribution in [0.1, 0.15) is 30.0 Å².